The lowest BCUT2D eigenvalue weighted by atomic mass is 10.1. The van der Waals surface area contributed by atoms with Gasteiger partial charge in [0.15, 0.2) is 5.69 Å². The highest BCUT2D eigenvalue weighted by molar-refractivity contribution is 5.85. The van der Waals surface area contributed by atoms with Gasteiger partial charge in [0.1, 0.15) is 11.8 Å². The lowest BCUT2D eigenvalue weighted by Crippen LogP contribution is -2.11. The molecule has 4 nitrogen and oxygen atoms in total. The number of halogens is 3. The summed E-state index contributed by atoms with van der Waals surface area (Å²) >= 11 is 0. The van der Waals surface area contributed by atoms with Crippen LogP contribution in [0.5, 0.6) is 0 Å². The molecule has 0 amide bonds. The average molecular weight is 216 g/mol. The Morgan fingerprint density at radius 3 is 2.47 bits per heavy atom. The first-order chi connectivity index (χ1) is 6.86. The van der Waals surface area contributed by atoms with Gasteiger partial charge in [-0.1, -0.05) is 0 Å². The lowest BCUT2D eigenvalue weighted by Gasteiger charge is -2.07. The van der Waals surface area contributed by atoms with Gasteiger partial charge in [-0.3, -0.25) is 0 Å². The Morgan fingerprint density at radius 2 is 2.07 bits per heavy atom. The summed E-state index contributed by atoms with van der Waals surface area (Å²) in [6.45, 7) is 0. The highest BCUT2D eigenvalue weighted by Crippen LogP contribution is 2.30. The molecule has 15 heavy (non-hydrogen) atoms. The number of nitriles is 1. The van der Waals surface area contributed by atoms with Gasteiger partial charge >= 0.3 is 12.1 Å². The summed E-state index contributed by atoms with van der Waals surface area (Å²) in [5.74, 6) is -1.49. The number of nitrogens with zero attached hydrogens (tertiary/aromatic N) is 2. The van der Waals surface area contributed by atoms with Gasteiger partial charge in [0.25, 0.3) is 0 Å². The van der Waals surface area contributed by atoms with E-state index in [0.29, 0.717) is 12.1 Å². The fraction of sp³-hybridized carbons (Fsp3) is 0.125. The molecule has 0 aliphatic heterocycles. The Morgan fingerprint density at radius 1 is 1.47 bits per heavy atom. The first kappa shape index (κ1) is 11.0. The summed E-state index contributed by atoms with van der Waals surface area (Å²) in [6, 6.07) is 2.43. The molecule has 0 saturated carbocycles. The van der Waals surface area contributed by atoms with E-state index in [-0.39, 0.29) is 0 Å². The first-order valence-electron chi connectivity index (χ1n) is 3.58. The van der Waals surface area contributed by atoms with Crippen molar-refractivity contribution < 1.29 is 23.1 Å². The fourth-order valence-electron chi connectivity index (χ4n) is 0.892. The molecule has 0 fully saturated rings. The zero-order valence-electron chi connectivity index (χ0n) is 7.04. The van der Waals surface area contributed by atoms with Gasteiger partial charge in [0, 0.05) is 0 Å². The van der Waals surface area contributed by atoms with Crippen molar-refractivity contribution in [1.29, 1.82) is 5.26 Å². The van der Waals surface area contributed by atoms with E-state index in [4.69, 9.17) is 10.4 Å². The minimum atomic E-state index is -4.71. The van der Waals surface area contributed by atoms with E-state index in [1.165, 1.54) is 6.07 Å². The summed E-state index contributed by atoms with van der Waals surface area (Å²) < 4.78 is 36.7. The molecule has 0 aliphatic rings. The lowest BCUT2D eigenvalue weighted by molar-refractivity contribution is -0.138. The minimum Gasteiger partial charge on any atom is -0.477 e. The molecule has 0 bridgehead atoms. The molecule has 1 N–H and O–H groups in total. The molecule has 1 heterocycles. The molecule has 7 heteroatoms. The second kappa shape index (κ2) is 3.57. The van der Waals surface area contributed by atoms with Crippen molar-refractivity contribution in [2.45, 2.75) is 6.18 Å². The van der Waals surface area contributed by atoms with E-state index < -0.39 is 29.1 Å². The molecule has 0 unspecified atom stereocenters. The van der Waals surface area contributed by atoms with Crippen LogP contribution >= 0.6 is 0 Å². The van der Waals surface area contributed by atoms with Crippen molar-refractivity contribution in [2.24, 2.45) is 0 Å². The van der Waals surface area contributed by atoms with Gasteiger partial charge in [-0.05, 0) is 12.1 Å². The number of carboxylic acids is 1. The number of alkyl halides is 3. The van der Waals surface area contributed by atoms with Crippen LogP contribution in [0, 0.1) is 11.3 Å². The fourth-order valence-corrected chi connectivity index (χ4v) is 0.892. The second-order valence-electron chi connectivity index (χ2n) is 2.51. The van der Waals surface area contributed by atoms with Crippen molar-refractivity contribution in [2.75, 3.05) is 0 Å². The van der Waals surface area contributed by atoms with Crippen LogP contribution in [0.4, 0.5) is 13.2 Å². The monoisotopic (exact) mass is 216 g/mol. The third-order valence-corrected chi connectivity index (χ3v) is 1.53. The zero-order chi connectivity index (χ0) is 11.6. The van der Waals surface area contributed by atoms with Crippen molar-refractivity contribution in [3.8, 4) is 6.07 Å². The van der Waals surface area contributed by atoms with Crippen molar-refractivity contribution >= 4 is 5.97 Å². The summed E-state index contributed by atoms with van der Waals surface area (Å²) in [4.78, 5) is 13.5. The highest BCUT2D eigenvalue weighted by atomic mass is 19.4. The Labute approximate surface area is 81.6 Å². The van der Waals surface area contributed by atoms with Gasteiger partial charge in [-0.15, -0.1) is 0 Å². The van der Waals surface area contributed by atoms with Crippen LogP contribution in [0.3, 0.4) is 0 Å². The standard InChI is InChI=1S/C8H3F3N2O2/c9-8(10,11)4-1-2-5(7(14)15)13-6(4)3-12/h1-2H,(H,14,15). The molecular weight excluding hydrogens is 213 g/mol. The largest absolute Gasteiger partial charge is 0.477 e. The molecule has 0 spiro atoms. The van der Waals surface area contributed by atoms with E-state index in [2.05, 4.69) is 4.98 Å². The van der Waals surface area contributed by atoms with Crippen LogP contribution in [0.15, 0.2) is 12.1 Å². The van der Waals surface area contributed by atoms with Gasteiger partial charge in [0.05, 0.1) is 5.56 Å². The molecule has 0 aliphatic carbocycles. The second-order valence-corrected chi connectivity index (χ2v) is 2.51. The van der Waals surface area contributed by atoms with E-state index in [1.807, 2.05) is 0 Å². The summed E-state index contributed by atoms with van der Waals surface area (Å²) in [6.07, 6.45) is -4.71. The Bertz CT molecular complexity index is 448. The first-order valence-corrected chi connectivity index (χ1v) is 3.58. The van der Waals surface area contributed by atoms with E-state index >= 15 is 0 Å². The molecule has 1 rings (SSSR count). The van der Waals surface area contributed by atoms with Crippen LogP contribution in [0.1, 0.15) is 21.7 Å². The van der Waals surface area contributed by atoms with Crippen molar-refractivity contribution in [3.05, 3.63) is 29.1 Å². The smallest absolute Gasteiger partial charge is 0.419 e. The topological polar surface area (TPSA) is 74.0 Å². The van der Waals surface area contributed by atoms with Crippen molar-refractivity contribution in [1.82, 2.24) is 4.98 Å². The Kier molecular flexibility index (Phi) is 2.61. The van der Waals surface area contributed by atoms with Gasteiger partial charge < -0.3 is 5.11 Å². The SMILES string of the molecule is N#Cc1nc(C(=O)O)ccc1C(F)(F)F. The number of hydrogen-bond acceptors (Lipinski definition) is 3. The third-order valence-electron chi connectivity index (χ3n) is 1.53. The quantitative estimate of drug-likeness (QED) is 0.774. The Balaban J connectivity index is 3.36. The maximum absolute atomic E-state index is 12.2. The number of aromatic carboxylic acids is 1. The molecule has 1 aromatic heterocycles. The number of carbonyl (C=O) groups is 1. The molecule has 1 aromatic rings. The van der Waals surface area contributed by atoms with Gasteiger partial charge in [0.2, 0.25) is 0 Å². The summed E-state index contributed by atoms with van der Waals surface area (Å²) in [5.41, 5.74) is -2.78. The number of rotatable bonds is 1. The highest BCUT2D eigenvalue weighted by Gasteiger charge is 2.34. The number of carboxylic acid groups (broad SMARTS) is 1. The number of aromatic nitrogens is 1. The van der Waals surface area contributed by atoms with E-state index in [9.17, 15) is 18.0 Å². The normalized spacial score (nSPS) is 10.8. The van der Waals surface area contributed by atoms with Gasteiger partial charge in [-0.2, -0.15) is 18.4 Å². The summed E-state index contributed by atoms with van der Waals surface area (Å²) in [7, 11) is 0. The molecule has 78 valence electrons. The Hall–Kier alpha value is -2.10. The maximum atomic E-state index is 12.2. The average Bonchev–Trinajstić information content (AvgIpc) is 2.15. The molecule has 0 aromatic carbocycles. The van der Waals surface area contributed by atoms with Crippen molar-refractivity contribution in [3.63, 3.8) is 0 Å². The molecule has 0 atom stereocenters. The van der Waals surface area contributed by atoms with Crippen LogP contribution in [-0.2, 0) is 6.18 Å². The van der Waals surface area contributed by atoms with Crippen LogP contribution in [0.2, 0.25) is 0 Å². The van der Waals surface area contributed by atoms with E-state index in [1.54, 1.807) is 0 Å². The predicted octanol–water partition coefficient (Wildman–Crippen LogP) is 1.67. The number of pyridine rings is 1. The molecule has 0 radical (unpaired) electrons. The number of hydrogen-bond donors (Lipinski definition) is 1. The summed E-state index contributed by atoms with van der Waals surface area (Å²) in [5, 5.41) is 16.8. The molecular formula is C8H3F3N2O2. The zero-order valence-corrected chi connectivity index (χ0v) is 7.04. The van der Waals surface area contributed by atoms with Crippen LogP contribution < -0.4 is 0 Å². The van der Waals surface area contributed by atoms with Crippen LogP contribution in [0.25, 0.3) is 0 Å². The van der Waals surface area contributed by atoms with Crippen LogP contribution in [-0.4, -0.2) is 16.1 Å². The van der Waals surface area contributed by atoms with Gasteiger partial charge in [-0.25, -0.2) is 9.78 Å². The minimum absolute atomic E-state index is 0.523. The molecule has 0 saturated heterocycles. The maximum Gasteiger partial charge on any atom is 0.419 e. The third kappa shape index (κ3) is 2.22. The van der Waals surface area contributed by atoms with E-state index in [0.717, 1.165) is 0 Å². The predicted molar refractivity (Wildman–Crippen MR) is 40.9 cm³/mol.